The van der Waals surface area contributed by atoms with Crippen molar-refractivity contribution in [2.75, 3.05) is 52.9 Å². The molecule has 1 aromatic rings. The molecule has 7 heteroatoms. The molecule has 2 fully saturated rings. The summed E-state index contributed by atoms with van der Waals surface area (Å²) >= 11 is 0. The number of nitrogens with zero attached hydrogens (tertiary/aromatic N) is 3. The number of aryl methyl sites for hydroxylation is 1. The van der Waals surface area contributed by atoms with E-state index in [4.69, 9.17) is 0 Å². The summed E-state index contributed by atoms with van der Waals surface area (Å²) < 4.78 is 0. The highest BCUT2D eigenvalue weighted by molar-refractivity contribution is 5.94. The molecule has 2 aliphatic rings. The van der Waals surface area contributed by atoms with Crippen molar-refractivity contribution in [1.29, 1.82) is 0 Å². The summed E-state index contributed by atoms with van der Waals surface area (Å²) in [6.07, 6.45) is 1.68. The van der Waals surface area contributed by atoms with E-state index in [1.54, 1.807) is 7.05 Å². The van der Waals surface area contributed by atoms with E-state index in [0.717, 1.165) is 18.4 Å². The average molecular weight is 386 g/mol. The number of benzene rings is 1. The zero-order valence-electron chi connectivity index (χ0n) is 16.8. The molecule has 1 unspecified atom stereocenters. The molecule has 152 valence electrons. The van der Waals surface area contributed by atoms with Gasteiger partial charge in [0.15, 0.2) is 0 Å². The standard InChI is InChI=1S/C21H30N4O3/c1-16-5-7-17(8-6-16)20(27)25-9-3-4-18(14-25)21(28)24-12-10-23(11-13-24)15-19(26)22-2/h5-8,18H,3-4,9-15H2,1-2H3,(H,22,26). The predicted molar refractivity (Wildman–Crippen MR) is 107 cm³/mol. The minimum atomic E-state index is -0.131. The van der Waals surface area contributed by atoms with Crippen LogP contribution in [0.15, 0.2) is 24.3 Å². The minimum Gasteiger partial charge on any atom is -0.358 e. The van der Waals surface area contributed by atoms with Crippen LogP contribution in [-0.4, -0.2) is 85.3 Å². The highest BCUT2D eigenvalue weighted by atomic mass is 16.2. The maximum Gasteiger partial charge on any atom is 0.253 e. The van der Waals surface area contributed by atoms with Gasteiger partial charge in [-0.2, -0.15) is 0 Å². The largest absolute Gasteiger partial charge is 0.358 e. The normalized spacial score (nSPS) is 20.7. The molecule has 1 N–H and O–H groups in total. The second-order valence-corrected chi connectivity index (χ2v) is 7.73. The molecule has 1 aromatic carbocycles. The molecule has 2 aliphatic heterocycles. The molecule has 0 bridgehead atoms. The molecule has 0 saturated carbocycles. The number of carbonyl (C=O) groups excluding carboxylic acids is 3. The highest BCUT2D eigenvalue weighted by Crippen LogP contribution is 2.21. The fourth-order valence-corrected chi connectivity index (χ4v) is 3.91. The molecule has 2 heterocycles. The Hall–Kier alpha value is -2.41. The Morgan fingerprint density at radius 2 is 1.68 bits per heavy atom. The van der Waals surface area contributed by atoms with Crippen LogP contribution >= 0.6 is 0 Å². The third-order valence-electron chi connectivity index (χ3n) is 5.69. The summed E-state index contributed by atoms with van der Waals surface area (Å²) in [5.74, 6) is 0.0138. The number of likely N-dealkylation sites (tertiary alicyclic amines) is 1. The number of rotatable bonds is 4. The van der Waals surface area contributed by atoms with Crippen molar-refractivity contribution < 1.29 is 14.4 Å². The maximum atomic E-state index is 13.0. The van der Waals surface area contributed by atoms with E-state index < -0.39 is 0 Å². The molecule has 3 amide bonds. The summed E-state index contributed by atoms with van der Waals surface area (Å²) in [6, 6.07) is 7.60. The first kappa shape index (κ1) is 20.3. The summed E-state index contributed by atoms with van der Waals surface area (Å²) in [4.78, 5) is 43.0. The monoisotopic (exact) mass is 386 g/mol. The van der Waals surface area contributed by atoms with Gasteiger partial charge in [0.1, 0.15) is 0 Å². The number of carbonyl (C=O) groups is 3. The third-order valence-corrected chi connectivity index (χ3v) is 5.69. The SMILES string of the molecule is CNC(=O)CN1CCN(C(=O)C2CCCN(C(=O)c3ccc(C)cc3)C2)CC1. The third kappa shape index (κ3) is 4.90. The van der Waals surface area contributed by atoms with Crippen molar-refractivity contribution in [2.45, 2.75) is 19.8 Å². The lowest BCUT2D eigenvalue weighted by Crippen LogP contribution is -2.54. The van der Waals surface area contributed by atoms with Crippen LogP contribution in [0.2, 0.25) is 0 Å². The van der Waals surface area contributed by atoms with E-state index in [0.29, 0.717) is 51.4 Å². The Balaban J connectivity index is 1.54. The zero-order chi connectivity index (χ0) is 20.1. The predicted octanol–water partition coefficient (Wildman–Crippen LogP) is 0.737. The average Bonchev–Trinajstić information content (AvgIpc) is 2.74. The molecule has 0 spiro atoms. The van der Waals surface area contributed by atoms with Gasteiger partial charge in [-0.05, 0) is 31.9 Å². The van der Waals surface area contributed by atoms with E-state index in [1.165, 1.54) is 0 Å². The molecular weight excluding hydrogens is 356 g/mol. The van der Waals surface area contributed by atoms with Crippen LogP contribution < -0.4 is 5.32 Å². The van der Waals surface area contributed by atoms with Gasteiger partial charge in [0.2, 0.25) is 11.8 Å². The molecule has 0 aliphatic carbocycles. The summed E-state index contributed by atoms with van der Waals surface area (Å²) in [6.45, 7) is 6.26. The van der Waals surface area contributed by atoms with Crippen molar-refractivity contribution in [2.24, 2.45) is 5.92 Å². The first-order valence-electron chi connectivity index (χ1n) is 10.1. The highest BCUT2D eigenvalue weighted by Gasteiger charge is 2.33. The maximum absolute atomic E-state index is 13.0. The van der Waals surface area contributed by atoms with Gasteiger partial charge in [0.25, 0.3) is 5.91 Å². The summed E-state index contributed by atoms with van der Waals surface area (Å²) in [7, 11) is 1.63. The second kappa shape index (κ2) is 9.19. The Morgan fingerprint density at radius 3 is 2.32 bits per heavy atom. The van der Waals surface area contributed by atoms with Gasteiger partial charge in [0, 0.05) is 51.9 Å². The van der Waals surface area contributed by atoms with E-state index in [2.05, 4.69) is 10.2 Å². The fraction of sp³-hybridized carbons (Fsp3) is 0.571. The van der Waals surface area contributed by atoms with E-state index in [-0.39, 0.29) is 23.6 Å². The van der Waals surface area contributed by atoms with Crippen LogP contribution in [0.3, 0.4) is 0 Å². The first-order chi connectivity index (χ1) is 13.5. The lowest BCUT2D eigenvalue weighted by molar-refractivity contribution is -0.138. The quantitative estimate of drug-likeness (QED) is 0.828. The smallest absolute Gasteiger partial charge is 0.253 e. The van der Waals surface area contributed by atoms with Gasteiger partial charge < -0.3 is 15.1 Å². The Kier molecular flexibility index (Phi) is 6.67. The molecule has 1 atom stereocenters. The summed E-state index contributed by atoms with van der Waals surface area (Å²) in [5.41, 5.74) is 1.81. The fourth-order valence-electron chi connectivity index (χ4n) is 3.91. The van der Waals surface area contributed by atoms with Gasteiger partial charge in [-0.1, -0.05) is 17.7 Å². The van der Waals surface area contributed by atoms with E-state index in [9.17, 15) is 14.4 Å². The van der Waals surface area contributed by atoms with Gasteiger partial charge in [-0.25, -0.2) is 0 Å². The number of amides is 3. The molecule has 0 aromatic heterocycles. The number of nitrogens with one attached hydrogen (secondary N) is 1. The van der Waals surface area contributed by atoms with Gasteiger partial charge in [-0.15, -0.1) is 0 Å². The van der Waals surface area contributed by atoms with Gasteiger partial charge in [0.05, 0.1) is 12.5 Å². The van der Waals surface area contributed by atoms with Crippen molar-refractivity contribution >= 4 is 17.7 Å². The molecular formula is C21H30N4O3. The van der Waals surface area contributed by atoms with E-state index >= 15 is 0 Å². The van der Waals surface area contributed by atoms with Crippen molar-refractivity contribution in [3.8, 4) is 0 Å². The van der Waals surface area contributed by atoms with Crippen molar-refractivity contribution in [3.63, 3.8) is 0 Å². The number of hydrogen-bond donors (Lipinski definition) is 1. The molecule has 28 heavy (non-hydrogen) atoms. The lowest BCUT2D eigenvalue weighted by atomic mass is 9.95. The van der Waals surface area contributed by atoms with Crippen molar-refractivity contribution in [1.82, 2.24) is 20.0 Å². The Labute approximate surface area is 166 Å². The van der Waals surface area contributed by atoms with E-state index in [1.807, 2.05) is 41.0 Å². The minimum absolute atomic E-state index is 0.00248. The number of piperidine rings is 1. The molecule has 7 nitrogen and oxygen atoms in total. The summed E-state index contributed by atoms with van der Waals surface area (Å²) in [5, 5.41) is 2.63. The molecule has 0 radical (unpaired) electrons. The van der Waals surface area contributed by atoms with Crippen LogP contribution in [0.5, 0.6) is 0 Å². The number of likely N-dealkylation sites (N-methyl/N-ethyl adjacent to an activating group) is 1. The first-order valence-corrected chi connectivity index (χ1v) is 10.1. The zero-order valence-corrected chi connectivity index (χ0v) is 16.8. The van der Waals surface area contributed by atoms with Gasteiger partial charge >= 0.3 is 0 Å². The molecule has 3 rings (SSSR count). The lowest BCUT2D eigenvalue weighted by Gasteiger charge is -2.38. The van der Waals surface area contributed by atoms with Crippen LogP contribution in [0, 0.1) is 12.8 Å². The molecule has 2 saturated heterocycles. The Bertz CT molecular complexity index is 711. The topological polar surface area (TPSA) is 73.0 Å². The number of hydrogen-bond acceptors (Lipinski definition) is 4. The van der Waals surface area contributed by atoms with Crippen LogP contribution in [-0.2, 0) is 9.59 Å². The van der Waals surface area contributed by atoms with Crippen molar-refractivity contribution in [3.05, 3.63) is 35.4 Å². The second-order valence-electron chi connectivity index (χ2n) is 7.73. The van der Waals surface area contributed by atoms with Gasteiger partial charge in [-0.3, -0.25) is 19.3 Å². The Morgan fingerprint density at radius 1 is 1.00 bits per heavy atom. The van der Waals surface area contributed by atoms with Crippen LogP contribution in [0.4, 0.5) is 0 Å². The van der Waals surface area contributed by atoms with Crippen LogP contribution in [0.1, 0.15) is 28.8 Å². The number of piperazine rings is 1. The van der Waals surface area contributed by atoms with Crippen LogP contribution in [0.25, 0.3) is 0 Å².